The Bertz CT molecular complexity index is 801. The van der Waals surface area contributed by atoms with E-state index in [9.17, 15) is 0 Å². The van der Waals surface area contributed by atoms with Crippen LogP contribution < -0.4 is 10.1 Å². The molecule has 3 rings (SSSR count). The van der Waals surface area contributed by atoms with Crippen LogP contribution in [0.4, 0.5) is 5.69 Å². The van der Waals surface area contributed by atoms with E-state index in [4.69, 9.17) is 17.0 Å². The van der Waals surface area contributed by atoms with Crippen molar-refractivity contribution in [3.63, 3.8) is 0 Å². The van der Waals surface area contributed by atoms with Gasteiger partial charge in [0.1, 0.15) is 10.7 Å². The number of nitrogens with zero attached hydrogens (tertiary/aromatic N) is 1. The van der Waals surface area contributed by atoms with Crippen molar-refractivity contribution in [2.75, 3.05) is 12.4 Å². The zero-order valence-electron chi connectivity index (χ0n) is 11.5. The third-order valence-electron chi connectivity index (χ3n) is 3.19. The molecule has 104 valence electrons. The Morgan fingerprint density at radius 2 is 1.76 bits per heavy atom. The predicted octanol–water partition coefficient (Wildman–Crippen LogP) is 4.03. The van der Waals surface area contributed by atoms with Gasteiger partial charge in [-0.2, -0.15) is 0 Å². The molecular formula is C17H14N2OS. The lowest BCUT2D eigenvalue weighted by Gasteiger charge is -2.11. The van der Waals surface area contributed by atoms with Crippen molar-refractivity contribution in [2.24, 2.45) is 0 Å². The molecule has 0 spiro atoms. The van der Waals surface area contributed by atoms with E-state index in [0.717, 1.165) is 28.0 Å². The summed E-state index contributed by atoms with van der Waals surface area (Å²) in [5, 5.41) is 4.28. The van der Waals surface area contributed by atoms with Gasteiger partial charge in [0, 0.05) is 5.39 Å². The van der Waals surface area contributed by atoms with Crippen molar-refractivity contribution >= 4 is 33.8 Å². The maximum Gasteiger partial charge on any atom is 0.142 e. The molecule has 0 bridgehead atoms. The molecule has 3 aromatic rings. The van der Waals surface area contributed by atoms with Gasteiger partial charge in [0.2, 0.25) is 0 Å². The summed E-state index contributed by atoms with van der Waals surface area (Å²) in [6, 6.07) is 19.6. The number of pyridine rings is 1. The highest BCUT2D eigenvalue weighted by Gasteiger charge is 2.07. The minimum Gasteiger partial charge on any atom is -0.495 e. The van der Waals surface area contributed by atoms with Crippen LogP contribution >= 0.6 is 12.2 Å². The Balaban J connectivity index is 1.90. The Kier molecular flexibility index (Phi) is 3.79. The third-order valence-corrected chi connectivity index (χ3v) is 3.50. The summed E-state index contributed by atoms with van der Waals surface area (Å²) in [5.74, 6) is 0.751. The van der Waals surface area contributed by atoms with Gasteiger partial charge in [0.15, 0.2) is 0 Å². The Labute approximate surface area is 128 Å². The summed E-state index contributed by atoms with van der Waals surface area (Å²) in [6.07, 6.45) is 0. The Morgan fingerprint density at radius 3 is 2.62 bits per heavy atom. The van der Waals surface area contributed by atoms with Crippen molar-refractivity contribution in [1.29, 1.82) is 0 Å². The molecule has 0 fully saturated rings. The smallest absolute Gasteiger partial charge is 0.142 e. The molecule has 0 radical (unpaired) electrons. The van der Waals surface area contributed by atoms with Crippen LogP contribution in [0.25, 0.3) is 10.9 Å². The van der Waals surface area contributed by atoms with Crippen molar-refractivity contribution in [1.82, 2.24) is 4.98 Å². The number of fused-ring (bicyclic) bond motifs is 1. The highest BCUT2D eigenvalue weighted by molar-refractivity contribution is 7.81. The molecule has 1 aromatic heterocycles. The monoisotopic (exact) mass is 294 g/mol. The van der Waals surface area contributed by atoms with Crippen LogP contribution in [-0.4, -0.2) is 17.1 Å². The van der Waals surface area contributed by atoms with E-state index in [1.165, 1.54) is 0 Å². The van der Waals surface area contributed by atoms with E-state index < -0.39 is 0 Å². The van der Waals surface area contributed by atoms with Gasteiger partial charge in [-0.3, -0.25) is 0 Å². The largest absolute Gasteiger partial charge is 0.495 e. The summed E-state index contributed by atoms with van der Waals surface area (Å²) in [5.41, 5.74) is 2.51. The molecule has 0 saturated heterocycles. The number of rotatable bonds is 3. The quantitative estimate of drug-likeness (QED) is 0.740. The lowest BCUT2D eigenvalue weighted by atomic mass is 10.2. The van der Waals surface area contributed by atoms with Crippen LogP contribution in [0, 0.1) is 0 Å². The zero-order chi connectivity index (χ0) is 14.7. The first-order chi connectivity index (χ1) is 10.3. The maximum absolute atomic E-state index is 5.44. The topological polar surface area (TPSA) is 34.1 Å². The van der Waals surface area contributed by atoms with Crippen LogP contribution in [0.5, 0.6) is 5.75 Å². The number of thiocarbonyl (C=S) groups is 1. The van der Waals surface area contributed by atoms with Crippen molar-refractivity contribution in [3.05, 3.63) is 66.4 Å². The van der Waals surface area contributed by atoms with Gasteiger partial charge in [0.05, 0.1) is 24.0 Å². The first-order valence-electron chi connectivity index (χ1n) is 6.58. The number of hydrogen-bond donors (Lipinski definition) is 1. The molecule has 21 heavy (non-hydrogen) atoms. The number of aromatic nitrogens is 1. The fourth-order valence-electron chi connectivity index (χ4n) is 2.13. The SMILES string of the molecule is COc1ccccc1NC(=S)c1ccc2ccccc2n1. The highest BCUT2D eigenvalue weighted by atomic mass is 32.1. The van der Waals surface area contributed by atoms with Gasteiger partial charge in [-0.1, -0.05) is 48.6 Å². The molecule has 3 nitrogen and oxygen atoms in total. The predicted molar refractivity (Wildman–Crippen MR) is 90.1 cm³/mol. The van der Waals surface area contributed by atoms with Crippen LogP contribution in [0.1, 0.15) is 5.69 Å². The summed E-state index contributed by atoms with van der Waals surface area (Å²) >= 11 is 5.44. The lowest BCUT2D eigenvalue weighted by Crippen LogP contribution is -2.13. The van der Waals surface area contributed by atoms with Crippen molar-refractivity contribution in [3.8, 4) is 5.75 Å². The highest BCUT2D eigenvalue weighted by Crippen LogP contribution is 2.24. The number of nitrogens with one attached hydrogen (secondary N) is 1. The molecule has 1 N–H and O–H groups in total. The van der Waals surface area contributed by atoms with Gasteiger partial charge in [0.25, 0.3) is 0 Å². The molecular weight excluding hydrogens is 280 g/mol. The summed E-state index contributed by atoms with van der Waals surface area (Å²) < 4.78 is 5.31. The van der Waals surface area contributed by atoms with E-state index in [1.54, 1.807) is 7.11 Å². The first-order valence-corrected chi connectivity index (χ1v) is 6.99. The molecule has 0 aliphatic carbocycles. The van der Waals surface area contributed by atoms with Crippen LogP contribution in [-0.2, 0) is 0 Å². The second-order valence-electron chi connectivity index (χ2n) is 4.54. The van der Waals surface area contributed by atoms with E-state index >= 15 is 0 Å². The van der Waals surface area contributed by atoms with Gasteiger partial charge in [-0.05, 0) is 24.3 Å². The summed E-state index contributed by atoms with van der Waals surface area (Å²) in [6.45, 7) is 0. The number of hydrogen-bond acceptors (Lipinski definition) is 3. The van der Waals surface area contributed by atoms with Gasteiger partial charge in [-0.15, -0.1) is 0 Å². The summed E-state index contributed by atoms with van der Waals surface area (Å²) in [7, 11) is 1.64. The Hall–Kier alpha value is -2.46. The molecule has 0 saturated carbocycles. The van der Waals surface area contributed by atoms with Crippen LogP contribution in [0.2, 0.25) is 0 Å². The van der Waals surface area contributed by atoms with Gasteiger partial charge < -0.3 is 10.1 Å². The van der Waals surface area contributed by atoms with E-state index in [1.807, 2.05) is 60.7 Å². The van der Waals surface area contributed by atoms with E-state index in [0.29, 0.717) is 4.99 Å². The maximum atomic E-state index is 5.44. The molecule has 0 amide bonds. The second kappa shape index (κ2) is 5.89. The fraction of sp³-hybridized carbons (Fsp3) is 0.0588. The normalized spacial score (nSPS) is 10.3. The minimum atomic E-state index is 0.574. The number of benzene rings is 2. The van der Waals surface area contributed by atoms with Gasteiger partial charge >= 0.3 is 0 Å². The Morgan fingerprint density at radius 1 is 1.00 bits per heavy atom. The van der Waals surface area contributed by atoms with E-state index in [2.05, 4.69) is 10.3 Å². The molecule has 4 heteroatoms. The second-order valence-corrected chi connectivity index (χ2v) is 4.95. The number of para-hydroxylation sites is 3. The standard InChI is InChI=1S/C17H14N2OS/c1-20-16-9-5-4-8-14(16)19-17(21)15-11-10-12-6-2-3-7-13(12)18-15/h2-11H,1H3,(H,19,21). The fourth-order valence-corrected chi connectivity index (χ4v) is 2.35. The lowest BCUT2D eigenvalue weighted by molar-refractivity contribution is 0.417. The number of anilines is 1. The third kappa shape index (κ3) is 2.85. The minimum absolute atomic E-state index is 0.574. The number of ether oxygens (including phenoxy) is 1. The molecule has 0 atom stereocenters. The average molecular weight is 294 g/mol. The molecule has 0 aliphatic rings. The molecule has 2 aromatic carbocycles. The zero-order valence-corrected chi connectivity index (χ0v) is 12.4. The number of methoxy groups -OCH3 is 1. The molecule has 0 unspecified atom stereocenters. The first kappa shape index (κ1) is 13.5. The summed E-state index contributed by atoms with van der Waals surface area (Å²) in [4.78, 5) is 5.16. The average Bonchev–Trinajstić information content (AvgIpc) is 2.55. The molecule has 0 aliphatic heterocycles. The van der Waals surface area contributed by atoms with E-state index in [-0.39, 0.29) is 0 Å². The van der Waals surface area contributed by atoms with Crippen molar-refractivity contribution < 1.29 is 4.74 Å². The van der Waals surface area contributed by atoms with Crippen LogP contribution in [0.3, 0.4) is 0 Å². The van der Waals surface area contributed by atoms with Crippen LogP contribution in [0.15, 0.2) is 60.7 Å². The molecule has 1 heterocycles. The van der Waals surface area contributed by atoms with Crippen molar-refractivity contribution in [2.45, 2.75) is 0 Å². The van der Waals surface area contributed by atoms with Gasteiger partial charge in [-0.25, -0.2) is 4.98 Å².